The molecule has 0 saturated heterocycles. The van der Waals surface area contributed by atoms with Crippen molar-refractivity contribution in [2.75, 3.05) is 11.4 Å². The Hall–Kier alpha value is -3.12. The van der Waals surface area contributed by atoms with E-state index in [4.69, 9.17) is 0 Å². The van der Waals surface area contributed by atoms with Gasteiger partial charge in [-0.1, -0.05) is 62.4 Å². The molecule has 3 aromatic rings. The molecule has 0 spiro atoms. The molecule has 0 bridgehead atoms. The highest BCUT2D eigenvalue weighted by Gasteiger charge is 2.22. The van der Waals surface area contributed by atoms with Gasteiger partial charge in [-0.3, -0.25) is 9.10 Å². The van der Waals surface area contributed by atoms with Gasteiger partial charge in [-0.25, -0.2) is 8.42 Å². The van der Waals surface area contributed by atoms with Crippen molar-refractivity contribution in [3.63, 3.8) is 0 Å². The van der Waals surface area contributed by atoms with Crippen LogP contribution in [-0.2, 0) is 10.0 Å². The Morgan fingerprint density at radius 2 is 1.42 bits per heavy atom. The zero-order valence-corrected chi connectivity index (χ0v) is 18.8. The quantitative estimate of drug-likeness (QED) is 0.539. The maximum Gasteiger partial charge on any atom is 0.264 e. The summed E-state index contributed by atoms with van der Waals surface area (Å²) in [5.41, 5.74) is 2.04. The summed E-state index contributed by atoms with van der Waals surface area (Å²) in [5.74, 6) is 0.236. The van der Waals surface area contributed by atoms with Gasteiger partial charge in [-0.2, -0.15) is 0 Å². The van der Waals surface area contributed by atoms with E-state index in [0.717, 1.165) is 12.0 Å². The summed E-state index contributed by atoms with van der Waals surface area (Å²) in [4.78, 5) is 13.1. The average Bonchev–Trinajstić information content (AvgIpc) is 2.79. The van der Waals surface area contributed by atoms with Crippen LogP contribution in [0.3, 0.4) is 0 Å². The van der Waals surface area contributed by atoms with Crippen LogP contribution in [0.2, 0.25) is 0 Å². The summed E-state index contributed by atoms with van der Waals surface area (Å²) in [6, 6.07) is 24.7. The number of hydrogen-bond acceptors (Lipinski definition) is 3. The molecule has 0 heterocycles. The van der Waals surface area contributed by atoms with E-state index in [1.165, 1.54) is 11.4 Å². The first-order chi connectivity index (χ1) is 14.8. The Labute approximate surface area is 184 Å². The smallest absolute Gasteiger partial charge is 0.264 e. The lowest BCUT2D eigenvalue weighted by Crippen LogP contribution is -2.30. The van der Waals surface area contributed by atoms with Crippen LogP contribution in [0.4, 0.5) is 5.69 Å². The van der Waals surface area contributed by atoms with Crippen molar-refractivity contribution in [2.24, 2.45) is 5.92 Å². The number of carbonyl (C=O) groups is 1. The van der Waals surface area contributed by atoms with Crippen molar-refractivity contribution in [1.82, 2.24) is 5.32 Å². The maximum atomic E-state index is 12.9. The van der Waals surface area contributed by atoms with Gasteiger partial charge in [0.05, 0.1) is 16.6 Å². The fourth-order valence-electron chi connectivity index (χ4n) is 3.39. The fourth-order valence-corrected chi connectivity index (χ4v) is 4.61. The molecular weight excluding hydrogens is 408 g/mol. The SMILES string of the molecule is CC(C)C[C@H](NC(=O)c1ccc(N(C)S(=O)(=O)c2ccccc2)cc1)c1ccccc1. The number of carbonyl (C=O) groups excluding carboxylic acids is 1. The van der Waals surface area contributed by atoms with Crippen LogP contribution in [0, 0.1) is 5.92 Å². The standard InChI is InChI=1S/C25H28N2O3S/c1-19(2)18-24(20-10-6-4-7-11-20)26-25(28)21-14-16-22(17-15-21)27(3)31(29,30)23-12-8-5-9-13-23/h4-17,19,24H,18H2,1-3H3,(H,26,28)/t24-/m0/s1. The fraction of sp³-hybridized carbons (Fsp3) is 0.240. The molecule has 1 N–H and O–H groups in total. The molecule has 0 saturated carbocycles. The van der Waals surface area contributed by atoms with Gasteiger partial charge in [0.15, 0.2) is 0 Å². The molecule has 0 radical (unpaired) electrons. The molecule has 6 heteroatoms. The molecule has 0 aliphatic heterocycles. The van der Waals surface area contributed by atoms with Crippen LogP contribution in [0.5, 0.6) is 0 Å². The van der Waals surface area contributed by atoms with Crippen molar-refractivity contribution in [3.8, 4) is 0 Å². The highest BCUT2D eigenvalue weighted by atomic mass is 32.2. The van der Waals surface area contributed by atoms with E-state index in [2.05, 4.69) is 19.2 Å². The largest absolute Gasteiger partial charge is 0.345 e. The van der Waals surface area contributed by atoms with E-state index >= 15 is 0 Å². The molecule has 3 rings (SSSR count). The van der Waals surface area contributed by atoms with Gasteiger partial charge < -0.3 is 5.32 Å². The van der Waals surface area contributed by atoms with Crippen molar-refractivity contribution in [2.45, 2.75) is 31.2 Å². The Balaban J connectivity index is 1.76. The summed E-state index contributed by atoms with van der Waals surface area (Å²) >= 11 is 0. The van der Waals surface area contributed by atoms with Crippen LogP contribution in [-0.4, -0.2) is 21.4 Å². The monoisotopic (exact) mass is 436 g/mol. The molecule has 0 unspecified atom stereocenters. The van der Waals surface area contributed by atoms with Crippen LogP contribution >= 0.6 is 0 Å². The van der Waals surface area contributed by atoms with E-state index in [-0.39, 0.29) is 16.8 Å². The summed E-state index contributed by atoms with van der Waals surface area (Å²) < 4.78 is 26.8. The molecule has 1 atom stereocenters. The average molecular weight is 437 g/mol. The second kappa shape index (κ2) is 9.79. The second-order valence-corrected chi connectivity index (χ2v) is 9.87. The first-order valence-electron chi connectivity index (χ1n) is 10.3. The van der Waals surface area contributed by atoms with Crippen molar-refractivity contribution in [3.05, 3.63) is 96.1 Å². The molecule has 31 heavy (non-hydrogen) atoms. The molecule has 0 aliphatic carbocycles. The Kier molecular flexibility index (Phi) is 7.13. The normalized spacial score (nSPS) is 12.4. The topological polar surface area (TPSA) is 66.5 Å². The van der Waals surface area contributed by atoms with E-state index in [9.17, 15) is 13.2 Å². The summed E-state index contributed by atoms with van der Waals surface area (Å²) in [5, 5.41) is 3.11. The molecule has 3 aromatic carbocycles. The van der Waals surface area contributed by atoms with Gasteiger partial charge in [0, 0.05) is 12.6 Å². The Bertz CT molecular complexity index is 1100. The minimum absolute atomic E-state index is 0.0884. The van der Waals surface area contributed by atoms with Gasteiger partial charge in [0.25, 0.3) is 15.9 Å². The van der Waals surface area contributed by atoms with Crippen molar-refractivity contribution in [1.29, 1.82) is 0 Å². The number of benzene rings is 3. The predicted molar refractivity (Wildman–Crippen MR) is 125 cm³/mol. The Morgan fingerprint density at radius 3 is 1.97 bits per heavy atom. The molecule has 0 aromatic heterocycles. The van der Waals surface area contributed by atoms with Crippen LogP contribution in [0.25, 0.3) is 0 Å². The summed E-state index contributed by atoms with van der Waals surface area (Å²) in [6.07, 6.45) is 0.825. The van der Waals surface area contributed by atoms with Crippen LogP contribution < -0.4 is 9.62 Å². The van der Waals surface area contributed by atoms with E-state index < -0.39 is 10.0 Å². The number of hydrogen-bond donors (Lipinski definition) is 1. The van der Waals surface area contributed by atoms with Gasteiger partial charge >= 0.3 is 0 Å². The lowest BCUT2D eigenvalue weighted by molar-refractivity contribution is 0.0932. The number of anilines is 1. The van der Waals surface area contributed by atoms with E-state index in [1.807, 2.05) is 30.3 Å². The molecule has 0 fully saturated rings. The molecule has 162 valence electrons. The maximum absolute atomic E-state index is 12.9. The number of amides is 1. The van der Waals surface area contributed by atoms with Gasteiger partial charge in [0.2, 0.25) is 0 Å². The zero-order valence-electron chi connectivity index (χ0n) is 18.0. The molecular formula is C25H28N2O3S. The number of sulfonamides is 1. The summed E-state index contributed by atoms with van der Waals surface area (Å²) in [6.45, 7) is 4.25. The van der Waals surface area contributed by atoms with Gasteiger partial charge in [-0.05, 0) is 54.3 Å². The third-order valence-electron chi connectivity index (χ3n) is 5.11. The minimum atomic E-state index is -3.66. The number of rotatable bonds is 8. The highest BCUT2D eigenvalue weighted by molar-refractivity contribution is 7.92. The lowest BCUT2D eigenvalue weighted by atomic mass is 9.96. The van der Waals surface area contributed by atoms with Gasteiger partial charge in [-0.15, -0.1) is 0 Å². The second-order valence-electron chi connectivity index (χ2n) is 7.90. The van der Waals surface area contributed by atoms with E-state index in [0.29, 0.717) is 17.2 Å². The van der Waals surface area contributed by atoms with Crippen molar-refractivity contribution < 1.29 is 13.2 Å². The Morgan fingerprint density at radius 1 is 0.871 bits per heavy atom. The molecule has 1 amide bonds. The van der Waals surface area contributed by atoms with E-state index in [1.54, 1.807) is 54.6 Å². The summed E-state index contributed by atoms with van der Waals surface area (Å²) in [7, 11) is -2.16. The van der Waals surface area contributed by atoms with Crippen LogP contribution in [0.1, 0.15) is 42.2 Å². The van der Waals surface area contributed by atoms with Crippen molar-refractivity contribution >= 4 is 21.6 Å². The first kappa shape index (κ1) is 22.6. The highest BCUT2D eigenvalue weighted by Crippen LogP contribution is 2.24. The lowest BCUT2D eigenvalue weighted by Gasteiger charge is -2.22. The van der Waals surface area contributed by atoms with Crippen LogP contribution in [0.15, 0.2) is 89.8 Å². The third kappa shape index (κ3) is 5.52. The first-order valence-corrected chi connectivity index (χ1v) is 11.7. The third-order valence-corrected chi connectivity index (χ3v) is 6.91. The number of nitrogens with zero attached hydrogens (tertiary/aromatic N) is 1. The zero-order chi connectivity index (χ0) is 22.4. The minimum Gasteiger partial charge on any atom is -0.345 e. The predicted octanol–water partition coefficient (Wildman–Crippen LogP) is 5.03. The molecule has 0 aliphatic rings. The van der Waals surface area contributed by atoms with Gasteiger partial charge in [0.1, 0.15) is 0 Å². The number of nitrogens with one attached hydrogen (secondary N) is 1. The molecule has 5 nitrogen and oxygen atoms in total.